The average Bonchev–Trinajstić information content (AvgIpc) is 2.52. The van der Waals surface area contributed by atoms with E-state index in [2.05, 4.69) is 22.5 Å². The molecule has 2 aromatic rings. The van der Waals surface area contributed by atoms with Crippen LogP contribution in [0.3, 0.4) is 0 Å². The molecule has 0 aliphatic carbocycles. The highest BCUT2D eigenvalue weighted by Crippen LogP contribution is 2.44. The van der Waals surface area contributed by atoms with Gasteiger partial charge in [-0.1, -0.05) is 41.1 Å². The number of nitrogens with one attached hydrogen (secondary N) is 2. The molecular weight excluding hydrogens is 392 g/mol. The van der Waals surface area contributed by atoms with Crippen LogP contribution in [0.5, 0.6) is 0 Å². The number of hydrogen-bond acceptors (Lipinski definition) is 1. The number of alkyl halides is 3. The number of benzene rings is 2. The molecule has 0 spiro atoms. The number of hydrogen-bond donors (Lipinski definition) is 2. The van der Waals surface area contributed by atoms with Crippen LogP contribution in [0.25, 0.3) is 0 Å². The molecule has 128 valence electrons. The van der Waals surface area contributed by atoms with Crippen LogP contribution >= 0.6 is 35.4 Å². The first-order valence-electron chi connectivity index (χ1n) is 6.96. The highest BCUT2D eigenvalue weighted by molar-refractivity contribution is 7.80. The molecule has 1 atom stereocenters. The predicted molar refractivity (Wildman–Crippen MR) is 96.9 cm³/mol. The molecule has 1 unspecified atom stereocenters. The quantitative estimate of drug-likeness (QED) is 0.474. The molecule has 0 bridgehead atoms. The Balaban J connectivity index is 2.23. The summed E-state index contributed by atoms with van der Waals surface area (Å²) in [6.07, 6.45) is -4.75. The van der Waals surface area contributed by atoms with Gasteiger partial charge in [0.05, 0.1) is 0 Å². The molecule has 1 aliphatic rings. The lowest BCUT2D eigenvalue weighted by Crippen LogP contribution is -2.59. The maximum Gasteiger partial charge on any atom is 0.427 e. The highest BCUT2D eigenvalue weighted by atomic mass is 35.5. The monoisotopic (exact) mass is 400 g/mol. The van der Waals surface area contributed by atoms with Gasteiger partial charge in [0.25, 0.3) is 0 Å². The van der Waals surface area contributed by atoms with Crippen LogP contribution in [0.2, 0.25) is 10.0 Å². The molecular formula is C17H9Cl2F3N2S. The molecule has 0 saturated carbocycles. The van der Waals surface area contributed by atoms with Crippen molar-refractivity contribution in [3.8, 4) is 11.8 Å². The smallest absolute Gasteiger partial charge is 0.335 e. The first-order valence-corrected chi connectivity index (χ1v) is 8.12. The summed E-state index contributed by atoms with van der Waals surface area (Å²) in [5.74, 6) is 4.84. The van der Waals surface area contributed by atoms with Crippen LogP contribution in [-0.2, 0) is 5.54 Å². The van der Waals surface area contributed by atoms with Gasteiger partial charge in [-0.25, -0.2) is 0 Å². The van der Waals surface area contributed by atoms with E-state index in [1.165, 1.54) is 24.3 Å². The number of halogens is 5. The zero-order valence-corrected chi connectivity index (χ0v) is 14.7. The predicted octanol–water partition coefficient (Wildman–Crippen LogP) is 5.10. The van der Waals surface area contributed by atoms with Crippen molar-refractivity contribution in [2.75, 3.05) is 5.32 Å². The first kappa shape index (κ1) is 17.9. The van der Waals surface area contributed by atoms with E-state index in [4.69, 9.17) is 35.4 Å². The van der Waals surface area contributed by atoms with Crippen molar-refractivity contribution in [3.05, 3.63) is 63.6 Å². The van der Waals surface area contributed by atoms with Crippen molar-refractivity contribution in [2.24, 2.45) is 0 Å². The largest absolute Gasteiger partial charge is 0.427 e. The minimum absolute atomic E-state index is 0.143. The number of fused-ring (bicyclic) bond motifs is 1. The fraction of sp³-hybridized carbons (Fsp3) is 0.118. The minimum atomic E-state index is -4.75. The number of anilines is 1. The van der Waals surface area contributed by atoms with E-state index in [0.717, 1.165) is 0 Å². The molecule has 0 amide bonds. The lowest BCUT2D eigenvalue weighted by Gasteiger charge is -2.38. The van der Waals surface area contributed by atoms with Gasteiger partial charge >= 0.3 is 6.18 Å². The van der Waals surface area contributed by atoms with Gasteiger partial charge in [-0.15, -0.1) is 0 Å². The summed E-state index contributed by atoms with van der Waals surface area (Å²) < 4.78 is 42.1. The Kier molecular flexibility index (Phi) is 4.58. The van der Waals surface area contributed by atoms with Crippen LogP contribution in [0.1, 0.15) is 11.1 Å². The highest BCUT2D eigenvalue weighted by Gasteiger charge is 2.58. The minimum Gasteiger partial charge on any atom is -0.335 e. The molecule has 2 N–H and O–H groups in total. The molecule has 2 aromatic carbocycles. The second kappa shape index (κ2) is 6.41. The van der Waals surface area contributed by atoms with Gasteiger partial charge in [0.15, 0.2) is 5.11 Å². The molecule has 0 radical (unpaired) electrons. The summed E-state index contributed by atoms with van der Waals surface area (Å²) in [7, 11) is 0. The van der Waals surface area contributed by atoms with Gasteiger partial charge in [-0.05, 0) is 48.6 Å². The van der Waals surface area contributed by atoms with Crippen molar-refractivity contribution in [3.63, 3.8) is 0 Å². The molecule has 1 heterocycles. The van der Waals surface area contributed by atoms with Gasteiger partial charge in [0.1, 0.15) is 0 Å². The van der Waals surface area contributed by atoms with Gasteiger partial charge in [-0.3, -0.25) is 0 Å². The fourth-order valence-corrected chi connectivity index (χ4v) is 3.08. The normalized spacial score (nSPS) is 19.2. The lowest BCUT2D eigenvalue weighted by atomic mass is 9.86. The van der Waals surface area contributed by atoms with Crippen LogP contribution in [0.4, 0.5) is 18.9 Å². The molecule has 2 nitrogen and oxygen atoms in total. The molecule has 0 fully saturated rings. The summed E-state index contributed by atoms with van der Waals surface area (Å²) in [5, 5.41) is 5.33. The molecule has 0 aromatic heterocycles. The molecule has 0 saturated heterocycles. The third-order valence-electron chi connectivity index (χ3n) is 3.58. The van der Waals surface area contributed by atoms with Crippen molar-refractivity contribution < 1.29 is 13.2 Å². The second-order valence-electron chi connectivity index (χ2n) is 5.28. The second-order valence-corrected chi connectivity index (χ2v) is 6.56. The maximum absolute atomic E-state index is 14.0. The van der Waals surface area contributed by atoms with Crippen molar-refractivity contribution in [2.45, 2.75) is 11.7 Å². The Morgan fingerprint density at radius 1 is 1.04 bits per heavy atom. The number of rotatable bonds is 0. The SMILES string of the molecule is FC(F)(F)C1(C#Cc2cccc(Cl)c2)NC(=S)Nc2ccc(Cl)cc21. The third kappa shape index (κ3) is 3.40. The van der Waals surface area contributed by atoms with E-state index in [1.54, 1.807) is 18.2 Å². The Labute approximate surface area is 157 Å². The molecule has 1 aliphatic heterocycles. The lowest BCUT2D eigenvalue weighted by molar-refractivity contribution is -0.177. The van der Waals surface area contributed by atoms with E-state index in [1.807, 2.05) is 0 Å². The van der Waals surface area contributed by atoms with Crippen LogP contribution in [-0.4, -0.2) is 11.3 Å². The van der Waals surface area contributed by atoms with Crippen molar-refractivity contribution >= 4 is 46.2 Å². The fourth-order valence-electron chi connectivity index (χ4n) is 2.45. The summed E-state index contributed by atoms with van der Waals surface area (Å²) in [6, 6.07) is 10.4. The van der Waals surface area contributed by atoms with Crippen LogP contribution in [0.15, 0.2) is 42.5 Å². The summed E-state index contributed by atoms with van der Waals surface area (Å²) in [6.45, 7) is 0. The van der Waals surface area contributed by atoms with E-state index < -0.39 is 11.7 Å². The van der Waals surface area contributed by atoms with Gasteiger partial charge in [0.2, 0.25) is 5.54 Å². The zero-order valence-electron chi connectivity index (χ0n) is 12.3. The molecule has 8 heteroatoms. The Hall–Kier alpha value is -1.94. The first-order chi connectivity index (χ1) is 11.7. The van der Waals surface area contributed by atoms with Gasteiger partial charge in [-0.2, -0.15) is 13.2 Å². The topological polar surface area (TPSA) is 24.1 Å². The van der Waals surface area contributed by atoms with E-state index in [-0.39, 0.29) is 21.4 Å². The summed E-state index contributed by atoms with van der Waals surface area (Å²) >= 11 is 16.7. The standard InChI is InChI=1S/C17H9Cl2F3N2S/c18-11-3-1-2-10(8-11)6-7-16(17(20,21)22)13-9-12(19)4-5-14(13)23-15(25)24-16/h1-5,8-9H,(H2,23,24,25). The van der Waals surface area contributed by atoms with E-state index in [0.29, 0.717) is 10.6 Å². The van der Waals surface area contributed by atoms with Crippen LogP contribution < -0.4 is 10.6 Å². The molecule has 25 heavy (non-hydrogen) atoms. The molecule has 3 rings (SSSR count). The summed E-state index contributed by atoms with van der Waals surface area (Å²) in [5.41, 5.74) is -2.27. The van der Waals surface area contributed by atoms with Crippen molar-refractivity contribution in [1.29, 1.82) is 0 Å². The van der Waals surface area contributed by atoms with E-state index >= 15 is 0 Å². The van der Waals surface area contributed by atoms with Gasteiger partial charge < -0.3 is 10.6 Å². The summed E-state index contributed by atoms with van der Waals surface area (Å²) in [4.78, 5) is 0. The third-order valence-corrected chi connectivity index (χ3v) is 4.25. The average molecular weight is 401 g/mol. The van der Waals surface area contributed by atoms with Gasteiger partial charge in [0, 0.05) is 26.9 Å². The van der Waals surface area contributed by atoms with Crippen molar-refractivity contribution in [1.82, 2.24) is 5.32 Å². The number of thiocarbonyl (C=S) groups is 1. The maximum atomic E-state index is 14.0. The van der Waals surface area contributed by atoms with E-state index in [9.17, 15) is 13.2 Å². The Morgan fingerprint density at radius 2 is 1.76 bits per heavy atom. The Bertz CT molecular complexity index is 918. The van der Waals surface area contributed by atoms with Crippen LogP contribution in [0, 0.1) is 11.8 Å². The Morgan fingerprint density at radius 3 is 2.44 bits per heavy atom. The zero-order chi connectivity index (χ0) is 18.2.